The van der Waals surface area contributed by atoms with Crippen molar-refractivity contribution in [1.29, 1.82) is 0 Å². The van der Waals surface area contributed by atoms with Crippen LogP contribution in [0.5, 0.6) is 0 Å². The van der Waals surface area contributed by atoms with Crippen molar-refractivity contribution in [3.05, 3.63) is 29.6 Å². The lowest BCUT2D eigenvalue weighted by Crippen LogP contribution is -1.99. The molecule has 1 aromatic rings. The zero-order valence-corrected chi connectivity index (χ0v) is 9.44. The van der Waals surface area contributed by atoms with Crippen LogP contribution in [0.4, 0.5) is 4.39 Å². The SMILES string of the molecule is CC(C)Sc1c(F)cccc1C(C)O. The maximum atomic E-state index is 13.4. The molecule has 1 atom stereocenters. The molecule has 1 unspecified atom stereocenters. The Morgan fingerprint density at radius 2 is 1.93 bits per heavy atom. The highest BCUT2D eigenvalue weighted by molar-refractivity contribution is 8.00. The summed E-state index contributed by atoms with van der Waals surface area (Å²) in [6, 6.07) is 4.82. The van der Waals surface area contributed by atoms with Gasteiger partial charge in [-0.15, -0.1) is 11.8 Å². The van der Waals surface area contributed by atoms with E-state index in [-0.39, 0.29) is 5.82 Å². The van der Waals surface area contributed by atoms with Crippen molar-refractivity contribution in [3.63, 3.8) is 0 Å². The van der Waals surface area contributed by atoms with Crippen molar-refractivity contribution in [2.75, 3.05) is 0 Å². The predicted molar refractivity (Wildman–Crippen MR) is 58.0 cm³/mol. The molecule has 78 valence electrons. The molecular formula is C11H15FOS. The lowest BCUT2D eigenvalue weighted by atomic mass is 10.1. The van der Waals surface area contributed by atoms with E-state index < -0.39 is 6.10 Å². The van der Waals surface area contributed by atoms with E-state index in [1.165, 1.54) is 17.8 Å². The Morgan fingerprint density at radius 1 is 1.29 bits per heavy atom. The van der Waals surface area contributed by atoms with Gasteiger partial charge in [-0.05, 0) is 18.6 Å². The summed E-state index contributed by atoms with van der Waals surface area (Å²) in [5.41, 5.74) is 0.670. The molecule has 0 fully saturated rings. The van der Waals surface area contributed by atoms with Crippen LogP contribution in [-0.2, 0) is 0 Å². The van der Waals surface area contributed by atoms with Crippen LogP contribution in [0.1, 0.15) is 32.4 Å². The Balaban J connectivity index is 3.09. The van der Waals surface area contributed by atoms with Crippen molar-refractivity contribution < 1.29 is 9.50 Å². The number of thioether (sulfide) groups is 1. The normalized spacial score (nSPS) is 13.3. The number of aliphatic hydroxyl groups excluding tert-OH is 1. The summed E-state index contributed by atoms with van der Waals surface area (Å²) in [4.78, 5) is 0.567. The zero-order valence-electron chi connectivity index (χ0n) is 8.62. The van der Waals surface area contributed by atoms with Gasteiger partial charge in [-0.1, -0.05) is 26.0 Å². The molecule has 1 rings (SSSR count). The summed E-state index contributed by atoms with van der Waals surface area (Å²) in [6.07, 6.45) is -0.619. The monoisotopic (exact) mass is 214 g/mol. The summed E-state index contributed by atoms with van der Waals surface area (Å²) in [5.74, 6) is -0.248. The van der Waals surface area contributed by atoms with Gasteiger partial charge in [0, 0.05) is 10.1 Å². The predicted octanol–water partition coefficient (Wildman–Crippen LogP) is 3.38. The molecule has 3 heteroatoms. The summed E-state index contributed by atoms with van der Waals surface area (Å²) in [7, 11) is 0. The third-order valence-corrected chi connectivity index (χ3v) is 2.94. The van der Waals surface area contributed by atoms with Gasteiger partial charge in [-0.25, -0.2) is 4.39 Å². The molecule has 0 heterocycles. The minimum atomic E-state index is -0.619. The van der Waals surface area contributed by atoms with Crippen molar-refractivity contribution >= 4 is 11.8 Å². The highest BCUT2D eigenvalue weighted by Gasteiger charge is 2.13. The fourth-order valence-corrected chi connectivity index (χ4v) is 2.24. The van der Waals surface area contributed by atoms with Gasteiger partial charge in [0.15, 0.2) is 0 Å². The van der Waals surface area contributed by atoms with Gasteiger partial charge in [-0.3, -0.25) is 0 Å². The number of hydrogen-bond acceptors (Lipinski definition) is 2. The van der Waals surface area contributed by atoms with Crippen LogP contribution in [0.2, 0.25) is 0 Å². The summed E-state index contributed by atoms with van der Waals surface area (Å²) in [6.45, 7) is 5.66. The molecule has 0 amide bonds. The fourth-order valence-electron chi connectivity index (χ4n) is 1.21. The van der Waals surface area contributed by atoms with Gasteiger partial charge in [0.1, 0.15) is 5.82 Å². The van der Waals surface area contributed by atoms with E-state index in [0.717, 1.165) is 0 Å². The lowest BCUT2D eigenvalue weighted by Gasteiger charge is -2.13. The van der Waals surface area contributed by atoms with Crippen LogP contribution in [0.15, 0.2) is 23.1 Å². The molecule has 0 saturated heterocycles. The quantitative estimate of drug-likeness (QED) is 0.778. The first-order valence-corrected chi connectivity index (χ1v) is 5.53. The molecule has 1 nitrogen and oxygen atoms in total. The van der Waals surface area contributed by atoms with Crippen LogP contribution in [-0.4, -0.2) is 10.4 Å². The molecule has 0 radical (unpaired) electrons. The summed E-state index contributed by atoms with van der Waals surface area (Å²) in [5, 5.41) is 9.77. The second-order valence-corrected chi connectivity index (χ2v) is 5.09. The Bertz CT molecular complexity index is 310. The van der Waals surface area contributed by atoms with Gasteiger partial charge in [0.05, 0.1) is 6.10 Å². The van der Waals surface area contributed by atoms with Gasteiger partial charge in [-0.2, -0.15) is 0 Å². The second kappa shape index (κ2) is 4.80. The van der Waals surface area contributed by atoms with Crippen LogP contribution < -0.4 is 0 Å². The molecule has 1 aromatic carbocycles. The summed E-state index contributed by atoms with van der Waals surface area (Å²) < 4.78 is 13.4. The molecule has 14 heavy (non-hydrogen) atoms. The van der Waals surface area contributed by atoms with E-state index in [1.807, 2.05) is 13.8 Å². The maximum Gasteiger partial charge on any atom is 0.137 e. The number of benzene rings is 1. The first-order valence-electron chi connectivity index (χ1n) is 4.65. The zero-order chi connectivity index (χ0) is 10.7. The lowest BCUT2D eigenvalue weighted by molar-refractivity contribution is 0.195. The molecule has 0 aliphatic heterocycles. The number of aliphatic hydroxyl groups is 1. The third-order valence-electron chi connectivity index (χ3n) is 1.80. The van der Waals surface area contributed by atoms with Crippen LogP contribution >= 0.6 is 11.8 Å². The Kier molecular flexibility index (Phi) is 3.96. The van der Waals surface area contributed by atoms with E-state index in [2.05, 4.69) is 0 Å². The third kappa shape index (κ3) is 2.72. The van der Waals surface area contributed by atoms with E-state index in [1.54, 1.807) is 19.1 Å². The van der Waals surface area contributed by atoms with Gasteiger partial charge in [0.2, 0.25) is 0 Å². The smallest absolute Gasteiger partial charge is 0.137 e. The molecule has 0 saturated carbocycles. The van der Waals surface area contributed by atoms with E-state index >= 15 is 0 Å². The highest BCUT2D eigenvalue weighted by Crippen LogP contribution is 2.32. The minimum Gasteiger partial charge on any atom is -0.389 e. The molecule has 0 aromatic heterocycles. The minimum absolute atomic E-state index is 0.248. The molecule has 1 N–H and O–H groups in total. The van der Waals surface area contributed by atoms with E-state index in [4.69, 9.17) is 0 Å². The molecule has 0 aliphatic rings. The number of halogens is 1. The second-order valence-electron chi connectivity index (χ2n) is 3.50. The van der Waals surface area contributed by atoms with Crippen LogP contribution in [0, 0.1) is 5.82 Å². The fraction of sp³-hybridized carbons (Fsp3) is 0.455. The van der Waals surface area contributed by atoms with E-state index in [9.17, 15) is 9.50 Å². The van der Waals surface area contributed by atoms with Gasteiger partial charge >= 0.3 is 0 Å². The van der Waals surface area contributed by atoms with Crippen LogP contribution in [0.3, 0.4) is 0 Å². The summed E-state index contributed by atoms with van der Waals surface area (Å²) >= 11 is 1.44. The Labute approximate surface area is 88.3 Å². The largest absolute Gasteiger partial charge is 0.389 e. The first-order chi connectivity index (χ1) is 6.52. The highest BCUT2D eigenvalue weighted by atomic mass is 32.2. The van der Waals surface area contributed by atoms with Crippen molar-refractivity contribution in [2.45, 2.75) is 37.0 Å². The molecule has 0 bridgehead atoms. The van der Waals surface area contributed by atoms with E-state index in [0.29, 0.717) is 15.7 Å². The van der Waals surface area contributed by atoms with Gasteiger partial charge in [0.25, 0.3) is 0 Å². The van der Waals surface area contributed by atoms with Gasteiger partial charge < -0.3 is 5.11 Å². The Hall–Kier alpha value is -0.540. The Morgan fingerprint density at radius 3 is 2.43 bits per heavy atom. The topological polar surface area (TPSA) is 20.2 Å². The molecular weight excluding hydrogens is 199 g/mol. The van der Waals surface area contributed by atoms with Crippen molar-refractivity contribution in [1.82, 2.24) is 0 Å². The molecule has 0 aliphatic carbocycles. The average Bonchev–Trinajstić information content (AvgIpc) is 2.07. The standard InChI is InChI=1S/C11H15FOS/c1-7(2)14-11-9(8(3)13)5-4-6-10(11)12/h4-8,13H,1-3H3. The van der Waals surface area contributed by atoms with Crippen molar-refractivity contribution in [3.8, 4) is 0 Å². The molecule has 0 spiro atoms. The first kappa shape index (κ1) is 11.5. The average molecular weight is 214 g/mol. The number of rotatable bonds is 3. The van der Waals surface area contributed by atoms with Crippen molar-refractivity contribution in [2.24, 2.45) is 0 Å². The maximum absolute atomic E-state index is 13.4. The number of hydrogen-bond donors (Lipinski definition) is 1. The van der Waals surface area contributed by atoms with Crippen LogP contribution in [0.25, 0.3) is 0 Å².